The summed E-state index contributed by atoms with van der Waals surface area (Å²) in [5, 5.41) is 4.19. The van der Waals surface area contributed by atoms with Gasteiger partial charge in [-0.1, -0.05) is 0 Å². The smallest absolute Gasteiger partial charge is 0.312 e. The van der Waals surface area contributed by atoms with Crippen molar-refractivity contribution in [1.29, 1.82) is 0 Å². The number of hydrogen-bond acceptors (Lipinski definition) is 5. The molecular weight excluding hydrogens is 320 g/mol. The number of hydrogen-bond donors (Lipinski definition) is 0. The average Bonchev–Trinajstić information content (AvgIpc) is 3.07. The van der Waals surface area contributed by atoms with Crippen molar-refractivity contribution in [2.75, 3.05) is 13.6 Å². The second-order valence-corrected chi connectivity index (χ2v) is 6.32. The van der Waals surface area contributed by atoms with Crippen LogP contribution in [0, 0.1) is 0 Å². The summed E-state index contributed by atoms with van der Waals surface area (Å²) in [6.07, 6.45) is 11.2. The van der Waals surface area contributed by atoms with Crippen LogP contribution in [0.1, 0.15) is 36.6 Å². The van der Waals surface area contributed by atoms with Crippen molar-refractivity contribution in [2.45, 2.75) is 31.8 Å². The molecule has 0 bridgehead atoms. The predicted molar refractivity (Wildman–Crippen MR) is 90.0 cm³/mol. The zero-order valence-electron chi connectivity index (χ0n) is 14.5. The SMILES string of the molecule is CN(Cc1cnccn1)C(=O)C(=O)N1CCCCC1c1cnn(C)c1. The maximum absolute atomic E-state index is 12.8. The maximum atomic E-state index is 12.8. The first-order valence-electron chi connectivity index (χ1n) is 8.35. The molecule has 25 heavy (non-hydrogen) atoms. The molecule has 0 radical (unpaired) electrons. The monoisotopic (exact) mass is 342 g/mol. The molecule has 3 heterocycles. The van der Waals surface area contributed by atoms with Crippen LogP contribution in [0.15, 0.2) is 31.0 Å². The number of amides is 2. The summed E-state index contributed by atoms with van der Waals surface area (Å²) in [7, 11) is 3.45. The normalized spacial score (nSPS) is 17.4. The topological polar surface area (TPSA) is 84.2 Å². The summed E-state index contributed by atoms with van der Waals surface area (Å²) in [4.78, 5) is 36.6. The van der Waals surface area contributed by atoms with E-state index in [9.17, 15) is 9.59 Å². The molecule has 1 unspecified atom stereocenters. The number of nitrogens with zero attached hydrogens (tertiary/aromatic N) is 6. The van der Waals surface area contributed by atoms with Crippen molar-refractivity contribution in [3.05, 3.63) is 42.2 Å². The molecule has 0 saturated carbocycles. The summed E-state index contributed by atoms with van der Waals surface area (Å²) in [5.74, 6) is -0.999. The fraction of sp³-hybridized carbons (Fsp3) is 0.471. The molecule has 2 aromatic rings. The van der Waals surface area contributed by atoms with Gasteiger partial charge in [0.05, 0.1) is 30.7 Å². The number of likely N-dealkylation sites (tertiary alicyclic amines) is 1. The van der Waals surface area contributed by atoms with Gasteiger partial charge in [-0.15, -0.1) is 0 Å². The number of piperidine rings is 1. The second kappa shape index (κ2) is 7.42. The Labute approximate surface area is 146 Å². The third-order valence-electron chi connectivity index (χ3n) is 4.42. The molecule has 0 aliphatic carbocycles. The average molecular weight is 342 g/mol. The number of carbonyl (C=O) groups excluding carboxylic acids is 2. The van der Waals surface area contributed by atoms with E-state index < -0.39 is 11.8 Å². The van der Waals surface area contributed by atoms with Gasteiger partial charge in [0.2, 0.25) is 0 Å². The fourth-order valence-corrected chi connectivity index (χ4v) is 3.15. The van der Waals surface area contributed by atoms with E-state index in [1.807, 2.05) is 13.2 Å². The van der Waals surface area contributed by atoms with Crippen LogP contribution in [-0.4, -0.2) is 55.0 Å². The van der Waals surface area contributed by atoms with Crippen LogP contribution in [0.3, 0.4) is 0 Å². The molecule has 1 saturated heterocycles. The lowest BCUT2D eigenvalue weighted by atomic mass is 9.97. The van der Waals surface area contributed by atoms with Gasteiger partial charge in [-0.2, -0.15) is 5.10 Å². The number of aromatic nitrogens is 4. The number of aryl methyl sites for hydroxylation is 1. The van der Waals surface area contributed by atoms with E-state index in [2.05, 4.69) is 15.1 Å². The van der Waals surface area contributed by atoms with Crippen LogP contribution < -0.4 is 0 Å². The third kappa shape index (κ3) is 3.84. The van der Waals surface area contributed by atoms with Crippen molar-refractivity contribution >= 4 is 11.8 Å². The van der Waals surface area contributed by atoms with E-state index in [1.165, 1.54) is 4.90 Å². The minimum absolute atomic E-state index is 0.0937. The van der Waals surface area contributed by atoms with Gasteiger partial charge in [0.15, 0.2) is 0 Å². The van der Waals surface area contributed by atoms with Gasteiger partial charge in [0.25, 0.3) is 0 Å². The van der Waals surface area contributed by atoms with E-state index in [0.29, 0.717) is 12.2 Å². The first kappa shape index (κ1) is 17.1. The summed E-state index contributed by atoms with van der Waals surface area (Å²) >= 11 is 0. The van der Waals surface area contributed by atoms with Gasteiger partial charge in [0, 0.05) is 44.8 Å². The molecule has 0 aromatic carbocycles. The maximum Gasteiger partial charge on any atom is 0.312 e. The molecular formula is C17H22N6O2. The molecule has 0 spiro atoms. The van der Waals surface area contributed by atoms with Crippen molar-refractivity contribution < 1.29 is 9.59 Å². The first-order valence-corrected chi connectivity index (χ1v) is 8.35. The lowest BCUT2D eigenvalue weighted by molar-refractivity contribution is -0.153. The van der Waals surface area contributed by atoms with Crippen LogP contribution in [0.25, 0.3) is 0 Å². The molecule has 1 atom stereocenters. The van der Waals surface area contributed by atoms with Gasteiger partial charge in [-0.05, 0) is 19.3 Å². The van der Waals surface area contributed by atoms with E-state index in [0.717, 1.165) is 24.8 Å². The Morgan fingerprint density at radius 3 is 2.80 bits per heavy atom. The van der Waals surface area contributed by atoms with Crippen molar-refractivity contribution in [2.24, 2.45) is 7.05 Å². The van der Waals surface area contributed by atoms with E-state index >= 15 is 0 Å². The molecule has 8 heteroatoms. The lowest BCUT2D eigenvalue weighted by Gasteiger charge is -2.35. The van der Waals surface area contributed by atoms with Crippen LogP contribution in [0.4, 0.5) is 0 Å². The standard InChI is InChI=1S/C17H22N6O2/c1-21(12-14-10-18-6-7-19-14)16(24)17(25)23-8-4-3-5-15(23)13-9-20-22(2)11-13/h6-7,9-11,15H,3-5,8,12H2,1-2H3. The Bertz CT molecular complexity index is 745. The molecule has 1 aliphatic heterocycles. The van der Waals surface area contributed by atoms with Crippen LogP contribution in [0.5, 0.6) is 0 Å². The summed E-state index contributed by atoms with van der Waals surface area (Å²) < 4.78 is 1.72. The molecule has 1 aliphatic rings. The highest BCUT2D eigenvalue weighted by atomic mass is 16.2. The van der Waals surface area contributed by atoms with Gasteiger partial charge < -0.3 is 9.80 Å². The molecule has 2 amide bonds. The summed E-state index contributed by atoms with van der Waals surface area (Å²) in [5.41, 5.74) is 1.62. The molecule has 0 N–H and O–H groups in total. The zero-order chi connectivity index (χ0) is 17.8. The molecule has 1 fully saturated rings. The lowest BCUT2D eigenvalue weighted by Crippen LogP contribution is -2.47. The number of rotatable bonds is 3. The highest BCUT2D eigenvalue weighted by Crippen LogP contribution is 2.30. The van der Waals surface area contributed by atoms with Crippen LogP contribution in [-0.2, 0) is 23.2 Å². The molecule has 2 aromatic heterocycles. The second-order valence-electron chi connectivity index (χ2n) is 6.32. The minimum atomic E-state index is -0.526. The highest BCUT2D eigenvalue weighted by Gasteiger charge is 2.33. The van der Waals surface area contributed by atoms with Gasteiger partial charge in [0.1, 0.15) is 0 Å². The Morgan fingerprint density at radius 2 is 2.12 bits per heavy atom. The van der Waals surface area contributed by atoms with Crippen molar-refractivity contribution in [1.82, 2.24) is 29.5 Å². The highest BCUT2D eigenvalue weighted by molar-refractivity contribution is 6.34. The number of carbonyl (C=O) groups is 2. The van der Waals surface area contributed by atoms with E-state index in [1.54, 1.807) is 41.4 Å². The third-order valence-corrected chi connectivity index (χ3v) is 4.42. The van der Waals surface area contributed by atoms with Crippen molar-refractivity contribution in [3.63, 3.8) is 0 Å². The Hall–Kier alpha value is -2.77. The van der Waals surface area contributed by atoms with Crippen molar-refractivity contribution in [3.8, 4) is 0 Å². The Morgan fingerprint density at radius 1 is 1.28 bits per heavy atom. The van der Waals surface area contributed by atoms with E-state index in [4.69, 9.17) is 0 Å². The van der Waals surface area contributed by atoms with Gasteiger partial charge in [-0.25, -0.2) is 0 Å². The minimum Gasteiger partial charge on any atom is -0.332 e. The predicted octanol–water partition coefficient (Wildman–Crippen LogP) is 0.922. The molecule has 132 valence electrons. The van der Waals surface area contributed by atoms with Gasteiger partial charge in [-0.3, -0.25) is 24.2 Å². The van der Waals surface area contributed by atoms with Gasteiger partial charge >= 0.3 is 11.8 Å². The fourth-order valence-electron chi connectivity index (χ4n) is 3.15. The van der Waals surface area contributed by atoms with Crippen LogP contribution in [0.2, 0.25) is 0 Å². The van der Waals surface area contributed by atoms with Crippen LogP contribution >= 0.6 is 0 Å². The quantitative estimate of drug-likeness (QED) is 0.775. The summed E-state index contributed by atoms with van der Waals surface area (Å²) in [6.45, 7) is 0.840. The summed E-state index contributed by atoms with van der Waals surface area (Å²) in [6, 6.07) is -0.0937. The Balaban J connectivity index is 1.72. The molecule has 8 nitrogen and oxygen atoms in total. The number of likely N-dealkylation sites (N-methyl/N-ethyl adjacent to an activating group) is 1. The first-order chi connectivity index (χ1) is 12.1. The molecule has 3 rings (SSSR count). The van der Waals surface area contributed by atoms with E-state index in [-0.39, 0.29) is 12.6 Å². The largest absolute Gasteiger partial charge is 0.332 e. The zero-order valence-corrected chi connectivity index (χ0v) is 14.5. The Kier molecular flexibility index (Phi) is 5.06.